The highest BCUT2D eigenvalue weighted by atomic mass is 32.1. The number of esters is 1. The molecular weight excluding hydrogens is 518 g/mol. The number of thiophene rings is 1. The molecule has 0 bridgehead atoms. The summed E-state index contributed by atoms with van der Waals surface area (Å²) in [5.41, 5.74) is 4.81. The van der Waals surface area contributed by atoms with Crippen LogP contribution in [0, 0.1) is 0 Å². The molecule has 6 heteroatoms. The quantitative estimate of drug-likeness (QED) is 0.147. The second-order valence-electron chi connectivity index (χ2n) is 10.7. The maximum Gasteiger partial charge on any atom is 0.323 e. The molecule has 2 N–H and O–H groups in total. The van der Waals surface area contributed by atoms with Gasteiger partial charge < -0.3 is 15.2 Å². The standard InChI is InChI=1S/C34H37NO4S/c36-23-31(37)33-21-28-18-17-26(20-32(28)40-33)10-6-9-24-13-15-27(16-14-24)22-35-30(19-25-7-2-1-3-8-25)34(38)39-29-11-4-5-12-29/h1-3,7-8,13-18,20-21,29-30,35-36H,4-6,9-12,19,22-23H2/t30-/m0/s1. The molecule has 5 rings (SSSR count). The van der Waals surface area contributed by atoms with Crippen molar-refractivity contribution in [3.05, 3.63) is 106 Å². The summed E-state index contributed by atoms with van der Waals surface area (Å²) in [6, 6.07) is 26.6. The molecule has 1 aromatic heterocycles. The lowest BCUT2D eigenvalue weighted by Gasteiger charge is -2.20. The minimum Gasteiger partial charge on any atom is -0.461 e. The van der Waals surface area contributed by atoms with Crippen LogP contribution in [0.4, 0.5) is 0 Å². The first-order chi connectivity index (χ1) is 19.6. The Morgan fingerprint density at radius 3 is 2.33 bits per heavy atom. The summed E-state index contributed by atoms with van der Waals surface area (Å²) in [5, 5.41) is 13.6. The topological polar surface area (TPSA) is 75.6 Å². The van der Waals surface area contributed by atoms with Gasteiger partial charge in [0.1, 0.15) is 18.8 Å². The predicted octanol–water partition coefficient (Wildman–Crippen LogP) is 6.44. The predicted molar refractivity (Wildman–Crippen MR) is 161 cm³/mol. The van der Waals surface area contributed by atoms with E-state index in [4.69, 9.17) is 9.84 Å². The van der Waals surface area contributed by atoms with Gasteiger partial charge in [-0.05, 0) is 91.1 Å². The van der Waals surface area contributed by atoms with E-state index in [1.165, 1.54) is 22.5 Å². The molecule has 40 heavy (non-hydrogen) atoms. The number of hydrogen-bond acceptors (Lipinski definition) is 6. The zero-order chi connectivity index (χ0) is 27.7. The maximum absolute atomic E-state index is 13.0. The third-order valence-corrected chi connectivity index (χ3v) is 8.80. The SMILES string of the molecule is O=C(CO)c1cc2ccc(CCCc3ccc(CN[C@@H](Cc4ccccc4)C(=O)OC4CCCC4)cc3)cc2s1. The minimum atomic E-state index is -0.449. The highest BCUT2D eigenvalue weighted by Gasteiger charge is 2.25. The number of nitrogens with one attached hydrogen (secondary N) is 1. The first-order valence-electron chi connectivity index (χ1n) is 14.3. The summed E-state index contributed by atoms with van der Waals surface area (Å²) in [4.78, 5) is 25.4. The number of fused-ring (bicyclic) bond motifs is 1. The number of aryl methyl sites for hydroxylation is 2. The normalized spacial score (nSPS) is 14.4. The highest BCUT2D eigenvalue weighted by Crippen LogP contribution is 2.27. The number of aliphatic hydroxyl groups is 1. The van der Waals surface area contributed by atoms with Crippen molar-refractivity contribution in [2.75, 3.05) is 6.61 Å². The van der Waals surface area contributed by atoms with Crippen LogP contribution >= 0.6 is 11.3 Å². The Kier molecular flexibility index (Phi) is 9.76. The van der Waals surface area contributed by atoms with Gasteiger partial charge in [-0.3, -0.25) is 9.59 Å². The minimum absolute atomic E-state index is 0.0621. The van der Waals surface area contributed by atoms with Crippen LogP contribution in [0.2, 0.25) is 0 Å². The van der Waals surface area contributed by atoms with Crippen molar-refractivity contribution >= 4 is 33.2 Å². The van der Waals surface area contributed by atoms with Gasteiger partial charge in [0.15, 0.2) is 5.78 Å². The van der Waals surface area contributed by atoms with Crippen molar-refractivity contribution in [3.8, 4) is 0 Å². The summed E-state index contributed by atoms with van der Waals surface area (Å²) >= 11 is 1.45. The molecule has 4 aromatic rings. The van der Waals surface area contributed by atoms with E-state index in [1.54, 1.807) is 0 Å². The Labute approximate surface area is 240 Å². The molecule has 1 aliphatic carbocycles. The number of ether oxygens (including phenoxy) is 1. The van der Waals surface area contributed by atoms with E-state index in [9.17, 15) is 9.59 Å². The fourth-order valence-corrected chi connectivity index (χ4v) is 6.41. The highest BCUT2D eigenvalue weighted by molar-refractivity contribution is 7.20. The molecule has 0 radical (unpaired) electrons. The van der Waals surface area contributed by atoms with E-state index >= 15 is 0 Å². The maximum atomic E-state index is 13.0. The van der Waals surface area contributed by atoms with E-state index in [1.807, 2.05) is 24.3 Å². The number of Topliss-reactive ketones (excluding diaryl/α,β-unsaturated/α-hetero) is 1. The van der Waals surface area contributed by atoms with E-state index in [2.05, 4.69) is 59.9 Å². The van der Waals surface area contributed by atoms with Crippen molar-refractivity contribution in [2.24, 2.45) is 0 Å². The van der Waals surface area contributed by atoms with Crippen LogP contribution in [0.5, 0.6) is 0 Å². The van der Waals surface area contributed by atoms with Crippen molar-refractivity contribution in [3.63, 3.8) is 0 Å². The van der Waals surface area contributed by atoms with Crippen LogP contribution in [0.25, 0.3) is 10.1 Å². The molecule has 1 saturated carbocycles. The molecule has 1 aliphatic rings. The van der Waals surface area contributed by atoms with Crippen molar-refractivity contribution in [1.82, 2.24) is 5.32 Å². The number of aliphatic hydroxyl groups excluding tert-OH is 1. The second-order valence-corrected chi connectivity index (χ2v) is 11.8. The fourth-order valence-electron chi connectivity index (χ4n) is 5.35. The van der Waals surface area contributed by atoms with Crippen LogP contribution in [0.15, 0.2) is 78.9 Å². The average molecular weight is 556 g/mol. The zero-order valence-corrected chi connectivity index (χ0v) is 23.6. The molecule has 5 nitrogen and oxygen atoms in total. The third kappa shape index (κ3) is 7.66. The fraction of sp³-hybridized carbons (Fsp3) is 0.353. The summed E-state index contributed by atoms with van der Waals surface area (Å²) < 4.78 is 6.94. The molecular formula is C34H37NO4S. The molecule has 0 saturated heterocycles. The van der Waals surface area contributed by atoms with Crippen LogP contribution < -0.4 is 5.32 Å². The molecule has 0 spiro atoms. The molecule has 1 heterocycles. The Hall–Kier alpha value is -3.32. The van der Waals surface area contributed by atoms with Gasteiger partial charge >= 0.3 is 5.97 Å². The second kappa shape index (κ2) is 13.8. The van der Waals surface area contributed by atoms with Crippen LogP contribution in [0.3, 0.4) is 0 Å². The van der Waals surface area contributed by atoms with Gasteiger partial charge in [-0.25, -0.2) is 0 Å². The van der Waals surface area contributed by atoms with Crippen molar-refractivity contribution in [1.29, 1.82) is 0 Å². The van der Waals surface area contributed by atoms with E-state index in [0.29, 0.717) is 17.8 Å². The van der Waals surface area contributed by atoms with Gasteiger partial charge in [0.05, 0.1) is 4.88 Å². The summed E-state index contributed by atoms with van der Waals surface area (Å²) in [6.07, 6.45) is 7.87. The van der Waals surface area contributed by atoms with Gasteiger partial charge in [-0.1, -0.05) is 66.7 Å². The summed E-state index contributed by atoms with van der Waals surface area (Å²) in [7, 11) is 0. The smallest absolute Gasteiger partial charge is 0.323 e. The molecule has 0 amide bonds. The number of rotatable bonds is 13. The number of benzene rings is 3. The van der Waals surface area contributed by atoms with E-state index < -0.39 is 6.61 Å². The molecule has 0 unspecified atom stereocenters. The van der Waals surface area contributed by atoms with E-state index in [0.717, 1.165) is 66.2 Å². The van der Waals surface area contributed by atoms with Crippen LogP contribution in [0.1, 0.15) is 64.0 Å². The van der Waals surface area contributed by atoms with Gasteiger partial charge in [0.25, 0.3) is 0 Å². The summed E-state index contributed by atoms with van der Waals surface area (Å²) in [5.74, 6) is -0.374. The molecule has 1 atom stereocenters. The lowest BCUT2D eigenvalue weighted by atomic mass is 10.0. The molecule has 208 valence electrons. The first kappa shape index (κ1) is 28.2. The number of ketones is 1. The van der Waals surface area contributed by atoms with Crippen molar-refractivity contribution in [2.45, 2.75) is 70.1 Å². The number of carbonyl (C=O) groups excluding carboxylic acids is 2. The van der Waals surface area contributed by atoms with Crippen LogP contribution in [-0.4, -0.2) is 35.6 Å². The molecule has 0 aliphatic heterocycles. The Morgan fingerprint density at radius 2 is 1.57 bits per heavy atom. The van der Waals surface area contributed by atoms with Gasteiger partial charge in [-0.15, -0.1) is 11.3 Å². The largest absolute Gasteiger partial charge is 0.461 e. The van der Waals surface area contributed by atoms with Crippen molar-refractivity contribution < 1.29 is 19.4 Å². The Morgan fingerprint density at radius 1 is 0.875 bits per heavy atom. The van der Waals surface area contributed by atoms with E-state index in [-0.39, 0.29) is 23.9 Å². The zero-order valence-electron chi connectivity index (χ0n) is 22.8. The number of carbonyl (C=O) groups is 2. The third-order valence-electron chi connectivity index (χ3n) is 7.66. The lowest BCUT2D eigenvalue weighted by molar-refractivity contribution is -0.151. The Balaban J connectivity index is 1.13. The Bertz CT molecular complexity index is 1410. The average Bonchev–Trinajstić information content (AvgIpc) is 3.66. The van der Waals surface area contributed by atoms with Gasteiger partial charge in [0.2, 0.25) is 0 Å². The number of hydrogen-bond donors (Lipinski definition) is 2. The lowest BCUT2D eigenvalue weighted by Crippen LogP contribution is -2.40. The molecule has 1 fully saturated rings. The summed E-state index contributed by atoms with van der Waals surface area (Å²) in [6.45, 7) is 0.162. The van der Waals surface area contributed by atoms with Crippen LogP contribution in [-0.2, 0) is 35.3 Å². The van der Waals surface area contributed by atoms with Gasteiger partial charge in [0, 0.05) is 11.2 Å². The first-order valence-corrected chi connectivity index (χ1v) is 15.1. The monoisotopic (exact) mass is 555 g/mol. The van der Waals surface area contributed by atoms with Gasteiger partial charge in [-0.2, -0.15) is 0 Å². The molecule has 3 aromatic carbocycles.